The van der Waals surface area contributed by atoms with Crippen LogP contribution in [0.15, 0.2) is 76.3 Å². The van der Waals surface area contributed by atoms with Gasteiger partial charge in [-0.05, 0) is 73.5 Å². The number of hydrogen-bond acceptors (Lipinski definition) is 6. The Morgan fingerprint density at radius 1 is 0.914 bits per heavy atom. The summed E-state index contributed by atoms with van der Waals surface area (Å²) < 4.78 is 17.6. The van der Waals surface area contributed by atoms with Gasteiger partial charge in [-0.1, -0.05) is 34.1 Å². The van der Waals surface area contributed by atoms with E-state index >= 15 is 0 Å². The average molecular weight is 540 g/mol. The number of anilines is 1. The van der Waals surface area contributed by atoms with E-state index < -0.39 is 5.91 Å². The Morgan fingerprint density at radius 3 is 2.40 bits per heavy atom. The molecule has 9 heteroatoms. The van der Waals surface area contributed by atoms with Crippen LogP contribution in [0.25, 0.3) is 0 Å². The van der Waals surface area contributed by atoms with E-state index in [0.29, 0.717) is 29.4 Å². The van der Waals surface area contributed by atoms with Gasteiger partial charge >= 0.3 is 0 Å². The van der Waals surface area contributed by atoms with Crippen molar-refractivity contribution in [2.45, 2.75) is 13.8 Å². The fourth-order valence-corrected chi connectivity index (χ4v) is 3.19. The summed E-state index contributed by atoms with van der Waals surface area (Å²) in [5.41, 5.74) is 4.80. The molecule has 8 nitrogen and oxygen atoms in total. The quantitative estimate of drug-likeness (QED) is 0.272. The molecule has 0 heterocycles. The van der Waals surface area contributed by atoms with Gasteiger partial charge in [0.05, 0.1) is 12.8 Å². The minimum absolute atomic E-state index is 0.166. The first-order chi connectivity index (χ1) is 16.9. The van der Waals surface area contributed by atoms with E-state index in [2.05, 4.69) is 31.8 Å². The zero-order valence-electron chi connectivity index (χ0n) is 19.4. The normalized spacial score (nSPS) is 10.6. The van der Waals surface area contributed by atoms with Crippen LogP contribution in [0.1, 0.15) is 18.1 Å². The number of carbonyl (C=O) groups excluding carboxylic acids is 2. The molecule has 182 valence electrons. The first-order valence-corrected chi connectivity index (χ1v) is 11.7. The maximum Gasteiger partial charge on any atom is 0.277 e. The maximum absolute atomic E-state index is 12.3. The molecule has 0 saturated heterocycles. The van der Waals surface area contributed by atoms with E-state index in [1.54, 1.807) is 30.3 Å². The highest BCUT2D eigenvalue weighted by molar-refractivity contribution is 9.10. The van der Waals surface area contributed by atoms with Gasteiger partial charge in [-0.3, -0.25) is 9.59 Å². The minimum atomic E-state index is -0.395. The van der Waals surface area contributed by atoms with Crippen LogP contribution in [-0.2, 0) is 9.59 Å². The summed E-state index contributed by atoms with van der Waals surface area (Å²) >= 11 is 3.34. The molecule has 0 aliphatic rings. The molecule has 2 N–H and O–H groups in total. The number of aryl methyl sites for hydroxylation is 1. The molecule has 0 radical (unpaired) electrons. The van der Waals surface area contributed by atoms with E-state index in [4.69, 9.17) is 14.2 Å². The first-order valence-electron chi connectivity index (χ1n) is 10.9. The van der Waals surface area contributed by atoms with E-state index in [1.807, 2.05) is 50.2 Å². The Hall–Kier alpha value is -3.85. The molecule has 0 aromatic heterocycles. The molecule has 3 rings (SSSR count). The number of benzene rings is 3. The predicted molar refractivity (Wildman–Crippen MR) is 138 cm³/mol. The van der Waals surface area contributed by atoms with Gasteiger partial charge in [0.2, 0.25) is 0 Å². The van der Waals surface area contributed by atoms with Crippen LogP contribution < -0.4 is 25.0 Å². The number of hydrazone groups is 1. The van der Waals surface area contributed by atoms with Crippen LogP contribution in [-0.4, -0.2) is 37.8 Å². The molecule has 0 spiro atoms. The highest BCUT2D eigenvalue weighted by Crippen LogP contribution is 2.28. The summed E-state index contributed by atoms with van der Waals surface area (Å²) in [6.45, 7) is 3.84. The minimum Gasteiger partial charge on any atom is -0.490 e. The van der Waals surface area contributed by atoms with Gasteiger partial charge in [-0.15, -0.1) is 0 Å². The number of halogens is 1. The molecule has 0 fully saturated rings. The summed E-state index contributed by atoms with van der Waals surface area (Å²) in [5.74, 6) is 0.798. The maximum atomic E-state index is 12.3. The largest absolute Gasteiger partial charge is 0.490 e. The zero-order valence-corrected chi connectivity index (χ0v) is 21.0. The van der Waals surface area contributed by atoms with Crippen molar-refractivity contribution in [1.82, 2.24) is 5.43 Å². The second-order valence-corrected chi connectivity index (χ2v) is 8.24. The second kappa shape index (κ2) is 13.1. The van der Waals surface area contributed by atoms with Crippen molar-refractivity contribution in [1.29, 1.82) is 0 Å². The number of para-hydroxylation sites is 1. The topological polar surface area (TPSA) is 98.2 Å². The number of carbonyl (C=O) groups is 2. The average Bonchev–Trinajstić information content (AvgIpc) is 2.85. The summed E-state index contributed by atoms with van der Waals surface area (Å²) in [4.78, 5) is 24.2. The van der Waals surface area contributed by atoms with Gasteiger partial charge in [0, 0.05) is 10.2 Å². The van der Waals surface area contributed by atoms with Crippen LogP contribution in [0.4, 0.5) is 5.69 Å². The van der Waals surface area contributed by atoms with Gasteiger partial charge in [-0.2, -0.15) is 5.10 Å². The van der Waals surface area contributed by atoms with Crippen LogP contribution >= 0.6 is 15.9 Å². The van der Waals surface area contributed by atoms with Crippen LogP contribution in [0.3, 0.4) is 0 Å². The van der Waals surface area contributed by atoms with E-state index in [9.17, 15) is 9.59 Å². The van der Waals surface area contributed by atoms with Crippen molar-refractivity contribution in [2.75, 3.05) is 25.1 Å². The molecule has 3 aromatic rings. The van der Waals surface area contributed by atoms with E-state index in [1.165, 1.54) is 6.21 Å². The summed E-state index contributed by atoms with van der Waals surface area (Å²) in [5, 5.41) is 6.78. The Balaban J connectivity index is 1.52. The number of hydrogen-bond donors (Lipinski definition) is 2. The van der Waals surface area contributed by atoms with E-state index in [0.717, 1.165) is 15.7 Å². The lowest BCUT2D eigenvalue weighted by molar-refractivity contribution is -0.123. The smallest absolute Gasteiger partial charge is 0.277 e. The van der Waals surface area contributed by atoms with Gasteiger partial charge in [-0.25, -0.2) is 5.43 Å². The van der Waals surface area contributed by atoms with Crippen LogP contribution in [0, 0.1) is 6.92 Å². The van der Waals surface area contributed by atoms with Crippen molar-refractivity contribution in [3.63, 3.8) is 0 Å². The molecule has 0 unspecified atom stereocenters. The second-order valence-electron chi connectivity index (χ2n) is 7.33. The van der Waals surface area contributed by atoms with Crippen molar-refractivity contribution in [3.8, 4) is 17.2 Å². The molecule has 0 saturated carbocycles. The number of rotatable bonds is 11. The number of amides is 2. The van der Waals surface area contributed by atoms with Gasteiger partial charge < -0.3 is 19.5 Å². The molecule has 3 aromatic carbocycles. The predicted octanol–water partition coefficient (Wildman–Crippen LogP) is 4.70. The Labute approximate surface area is 212 Å². The molecular formula is C26H26BrN3O5. The fraction of sp³-hybridized carbons (Fsp3) is 0.192. The number of ether oxygens (including phenoxy) is 3. The van der Waals surface area contributed by atoms with Crippen LogP contribution in [0.5, 0.6) is 17.2 Å². The molecule has 0 bridgehead atoms. The van der Waals surface area contributed by atoms with Gasteiger partial charge in [0.25, 0.3) is 11.8 Å². The van der Waals surface area contributed by atoms with Crippen molar-refractivity contribution >= 4 is 39.6 Å². The SMILES string of the molecule is CCOc1cc(/C=N\NC(=O)COc2ccc(Br)cc2)ccc1OCC(=O)Nc1ccccc1C. The summed E-state index contributed by atoms with van der Waals surface area (Å²) in [7, 11) is 0. The molecule has 0 aliphatic carbocycles. The fourth-order valence-electron chi connectivity index (χ4n) is 2.93. The van der Waals surface area contributed by atoms with Gasteiger partial charge in [0.1, 0.15) is 5.75 Å². The standard InChI is InChI=1S/C26H26BrN3O5/c1-3-33-24-14-19(15-28-30-26(32)17-34-21-11-9-20(27)10-12-21)8-13-23(24)35-16-25(31)29-22-7-5-4-6-18(22)2/h4-15H,3,16-17H2,1-2H3,(H,29,31)(H,30,32)/b28-15-. The molecular weight excluding hydrogens is 514 g/mol. The van der Waals surface area contributed by atoms with E-state index in [-0.39, 0.29) is 19.1 Å². The summed E-state index contributed by atoms with van der Waals surface area (Å²) in [6.07, 6.45) is 1.48. The Kier molecular flexibility index (Phi) is 9.68. The zero-order chi connectivity index (χ0) is 25.0. The highest BCUT2D eigenvalue weighted by Gasteiger charge is 2.10. The Morgan fingerprint density at radius 2 is 1.66 bits per heavy atom. The Bertz CT molecular complexity index is 1180. The van der Waals surface area contributed by atoms with Crippen LogP contribution in [0.2, 0.25) is 0 Å². The number of nitrogens with zero attached hydrogens (tertiary/aromatic N) is 1. The lowest BCUT2D eigenvalue weighted by Gasteiger charge is -2.13. The van der Waals surface area contributed by atoms with Gasteiger partial charge in [0.15, 0.2) is 24.7 Å². The van der Waals surface area contributed by atoms with Crippen molar-refractivity contribution in [3.05, 3.63) is 82.3 Å². The van der Waals surface area contributed by atoms with Crippen molar-refractivity contribution < 1.29 is 23.8 Å². The monoisotopic (exact) mass is 539 g/mol. The molecule has 0 aliphatic heterocycles. The molecule has 2 amide bonds. The lowest BCUT2D eigenvalue weighted by atomic mass is 10.2. The molecule has 0 atom stereocenters. The third kappa shape index (κ3) is 8.46. The third-order valence-electron chi connectivity index (χ3n) is 4.63. The molecule has 35 heavy (non-hydrogen) atoms. The highest BCUT2D eigenvalue weighted by atomic mass is 79.9. The third-order valence-corrected chi connectivity index (χ3v) is 5.16. The summed E-state index contributed by atoms with van der Waals surface area (Å²) in [6, 6.07) is 19.8. The lowest BCUT2D eigenvalue weighted by Crippen LogP contribution is -2.24. The van der Waals surface area contributed by atoms with Crippen molar-refractivity contribution in [2.24, 2.45) is 5.10 Å². The first kappa shape index (κ1) is 25.8. The number of nitrogens with one attached hydrogen (secondary N) is 2.